The normalized spacial score (nSPS) is 26.0. The Labute approximate surface area is 191 Å². The lowest BCUT2D eigenvalue weighted by molar-refractivity contribution is -0.135. The first kappa shape index (κ1) is 21.0. The predicted molar refractivity (Wildman–Crippen MR) is 121 cm³/mol. The molecule has 1 spiro atoms. The van der Waals surface area contributed by atoms with E-state index in [-0.39, 0.29) is 17.9 Å². The summed E-state index contributed by atoms with van der Waals surface area (Å²) in [5.74, 6) is -1.35. The molecule has 2 aromatic carbocycles. The largest absolute Gasteiger partial charge is 0.462 e. The quantitative estimate of drug-likeness (QED) is 0.688. The number of amides is 2. The Morgan fingerprint density at radius 1 is 1.25 bits per heavy atom. The first-order valence-corrected chi connectivity index (χ1v) is 11.3. The summed E-state index contributed by atoms with van der Waals surface area (Å²) in [7, 11) is 0. The zero-order chi connectivity index (χ0) is 22.5. The van der Waals surface area contributed by atoms with Gasteiger partial charge in [0.05, 0.1) is 18.1 Å². The lowest BCUT2D eigenvalue weighted by atomic mass is 9.78. The van der Waals surface area contributed by atoms with E-state index in [2.05, 4.69) is 15.5 Å². The minimum absolute atomic E-state index is 0.169. The molecule has 0 radical (unpaired) electrons. The zero-order valence-electron chi connectivity index (χ0n) is 17.7. The molecule has 3 heterocycles. The Morgan fingerprint density at radius 3 is 2.78 bits per heavy atom. The van der Waals surface area contributed by atoms with Crippen LogP contribution in [0.25, 0.3) is 0 Å². The molecule has 3 aliphatic heterocycles. The summed E-state index contributed by atoms with van der Waals surface area (Å²) in [6.07, 6.45) is 2.56. The Morgan fingerprint density at radius 2 is 2.03 bits per heavy atom. The number of nitrogens with zero attached hydrogens (tertiary/aromatic N) is 1. The van der Waals surface area contributed by atoms with E-state index in [0.29, 0.717) is 35.0 Å². The van der Waals surface area contributed by atoms with Crippen LogP contribution in [0.4, 0.5) is 11.4 Å². The second-order valence-electron chi connectivity index (χ2n) is 8.48. The van der Waals surface area contributed by atoms with Crippen molar-refractivity contribution >= 4 is 40.8 Å². The van der Waals surface area contributed by atoms with Crippen LogP contribution in [0.2, 0.25) is 5.02 Å². The van der Waals surface area contributed by atoms with Crippen molar-refractivity contribution < 1.29 is 19.1 Å². The topological polar surface area (TPSA) is 87.7 Å². The van der Waals surface area contributed by atoms with Gasteiger partial charge in [0.25, 0.3) is 0 Å². The maximum Gasteiger partial charge on any atom is 0.338 e. The molecule has 2 saturated heterocycles. The van der Waals surface area contributed by atoms with Crippen LogP contribution in [0.5, 0.6) is 0 Å². The van der Waals surface area contributed by atoms with Gasteiger partial charge in [-0.15, -0.1) is 0 Å². The third-order valence-corrected chi connectivity index (χ3v) is 7.04. The monoisotopic (exact) mass is 453 g/mol. The zero-order valence-corrected chi connectivity index (χ0v) is 18.4. The van der Waals surface area contributed by atoms with E-state index in [1.54, 1.807) is 43.3 Å². The third-order valence-electron chi connectivity index (χ3n) is 6.81. The van der Waals surface area contributed by atoms with Gasteiger partial charge in [0.15, 0.2) is 0 Å². The molecule has 2 fully saturated rings. The fraction of sp³-hybridized carbons (Fsp3) is 0.375. The Hall–Kier alpha value is -2.90. The molecule has 0 aromatic heterocycles. The molecular weight excluding hydrogens is 430 g/mol. The minimum atomic E-state index is -1.06. The Bertz CT molecular complexity index is 1100. The number of fused-ring (bicyclic) bond motifs is 4. The number of carbonyl (C=O) groups is 3. The molecule has 5 rings (SSSR count). The molecule has 3 aliphatic rings. The third kappa shape index (κ3) is 3.11. The maximum atomic E-state index is 13.5. The van der Waals surface area contributed by atoms with Crippen molar-refractivity contribution in [3.8, 4) is 0 Å². The summed E-state index contributed by atoms with van der Waals surface area (Å²) >= 11 is 6.30. The van der Waals surface area contributed by atoms with E-state index >= 15 is 0 Å². The Balaban J connectivity index is 1.47. The van der Waals surface area contributed by atoms with Crippen LogP contribution in [0.1, 0.15) is 42.1 Å². The molecular formula is C24H24ClN3O4. The lowest BCUT2D eigenvalue weighted by Crippen LogP contribution is -2.53. The molecule has 3 unspecified atom stereocenters. The number of ether oxygens (including phenoxy) is 1. The van der Waals surface area contributed by atoms with Crippen molar-refractivity contribution in [3.05, 3.63) is 58.6 Å². The summed E-state index contributed by atoms with van der Waals surface area (Å²) in [5, 5.41) is 6.48. The molecule has 166 valence electrons. The summed E-state index contributed by atoms with van der Waals surface area (Å²) in [4.78, 5) is 41.0. The maximum absolute atomic E-state index is 13.5. The fourth-order valence-electron chi connectivity index (χ4n) is 5.53. The van der Waals surface area contributed by atoms with Gasteiger partial charge in [0.1, 0.15) is 5.54 Å². The number of carbonyl (C=O) groups excluding carboxylic acids is 3. The molecule has 0 bridgehead atoms. The van der Waals surface area contributed by atoms with Crippen LogP contribution in [-0.4, -0.2) is 41.9 Å². The summed E-state index contributed by atoms with van der Waals surface area (Å²) in [6.45, 7) is 2.81. The lowest BCUT2D eigenvalue weighted by Gasteiger charge is -2.36. The van der Waals surface area contributed by atoms with Crippen molar-refractivity contribution in [1.82, 2.24) is 4.90 Å². The van der Waals surface area contributed by atoms with Gasteiger partial charge < -0.3 is 15.4 Å². The standard InChI is InChI=1S/C24H24ClN3O4/c1-2-32-22(30)14-5-8-16(9-6-14)26-21(29)19-13-17-4-3-11-28(17)24(19)18-12-15(25)7-10-20(18)27-23(24)31/h5-10,12,17,19H,2-4,11,13H2,1H3,(H,26,29)(H,27,31). The average molecular weight is 454 g/mol. The van der Waals surface area contributed by atoms with Crippen LogP contribution in [0.3, 0.4) is 0 Å². The van der Waals surface area contributed by atoms with Crippen LogP contribution < -0.4 is 10.6 Å². The second-order valence-corrected chi connectivity index (χ2v) is 8.91. The average Bonchev–Trinajstić information content (AvgIpc) is 3.43. The molecule has 8 heteroatoms. The molecule has 2 N–H and O–H groups in total. The van der Waals surface area contributed by atoms with Crippen molar-refractivity contribution in [3.63, 3.8) is 0 Å². The van der Waals surface area contributed by atoms with Gasteiger partial charge in [0.2, 0.25) is 11.8 Å². The van der Waals surface area contributed by atoms with E-state index in [4.69, 9.17) is 16.3 Å². The number of esters is 1. The smallest absolute Gasteiger partial charge is 0.338 e. The van der Waals surface area contributed by atoms with Crippen LogP contribution in [0.15, 0.2) is 42.5 Å². The number of halogens is 1. The number of anilines is 2. The van der Waals surface area contributed by atoms with Gasteiger partial charge in [-0.05, 0) is 75.2 Å². The minimum Gasteiger partial charge on any atom is -0.462 e. The van der Waals surface area contributed by atoms with Crippen LogP contribution >= 0.6 is 11.6 Å². The van der Waals surface area contributed by atoms with E-state index in [9.17, 15) is 14.4 Å². The predicted octanol–water partition coefficient (Wildman–Crippen LogP) is 3.79. The highest BCUT2D eigenvalue weighted by Crippen LogP contribution is 2.55. The highest BCUT2D eigenvalue weighted by molar-refractivity contribution is 6.31. The molecule has 32 heavy (non-hydrogen) atoms. The SMILES string of the molecule is CCOC(=O)c1ccc(NC(=O)C2CC3CCCN3C23C(=O)Nc2ccc(Cl)cc23)cc1. The van der Waals surface area contributed by atoms with E-state index < -0.39 is 17.4 Å². The van der Waals surface area contributed by atoms with Crippen LogP contribution in [0, 0.1) is 5.92 Å². The molecule has 0 saturated carbocycles. The number of hydrogen-bond donors (Lipinski definition) is 2. The van der Waals surface area contributed by atoms with Crippen LogP contribution in [-0.2, 0) is 19.9 Å². The first-order valence-electron chi connectivity index (χ1n) is 10.9. The molecule has 2 aromatic rings. The number of nitrogens with one attached hydrogen (secondary N) is 2. The van der Waals surface area contributed by atoms with Crippen molar-refractivity contribution in [1.29, 1.82) is 0 Å². The number of rotatable bonds is 4. The van der Waals surface area contributed by atoms with Crippen molar-refractivity contribution in [2.24, 2.45) is 5.92 Å². The highest BCUT2D eigenvalue weighted by atomic mass is 35.5. The number of hydrogen-bond acceptors (Lipinski definition) is 5. The van der Waals surface area contributed by atoms with Gasteiger partial charge >= 0.3 is 5.97 Å². The van der Waals surface area contributed by atoms with E-state index in [1.165, 1.54) is 0 Å². The van der Waals surface area contributed by atoms with E-state index in [1.807, 2.05) is 6.07 Å². The summed E-state index contributed by atoms with van der Waals surface area (Å²) in [6, 6.07) is 12.1. The Kier molecular flexibility index (Phi) is 5.18. The molecule has 2 amide bonds. The molecule has 0 aliphatic carbocycles. The highest BCUT2D eigenvalue weighted by Gasteiger charge is 2.65. The van der Waals surface area contributed by atoms with Gasteiger partial charge in [-0.1, -0.05) is 11.6 Å². The van der Waals surface area contributed by atoms with E-state index in [0.717, 1.165) is 24.9 Å². The summed E-state index contributed by atoms with van der Waals surface area (Å²) in [5.41, 5.74) is 1.41. The fourth-order valence-corrected chi connectivity index (χ4v) is 5.70. The van der Waals surface area contributed by atoms with Gasteiger partial charge in [-0.3, -0.25) is 14.5 Å². The molecule has 3 atom stereocenters. The van der Waals surface area contributed by atoms with Crippen molar-refractivity contribution in [2.45, 2.75) is 37.8 Å². The first-order chi connectivity index (χ1) is 15.4. The second kappa shape index (κ2) is 7.90. The van der Waals surface area contributed by atoms with Gasteiger partial charge in [-0.25, -0.2) is 4.79 Å². The van der Waals surface area contributed by atoms with Gasteiger partial charge in [-0.2, -0.15) is 0 Å². The van der Waals surface area contributed by atoms with Gasteiger partial charge in [0, 0.05) is 28.0 Å². The summed E-state index contributed by atoms with van der Waals surface area (Å²) < 4.78 is 5.00. The van der Waals surface area contributed by atoms with Crippen molar-refractivity contribution in [2.75, 3.05) is 23.8 Å². The number of benzene rings is 2. The molecule has 7 nitrogen and oxygen atoms in total.